The fourth-order valence-electron chi connectivity index (χ4n) is 3.12. The smallest absolute Gasteiger partial charge is 0.288 e. The van der Waals surface area contributed by atoms with Crippen LogP contribution < -0.4 is 0 Å². The first-order valence-electron chi connectivity index (χ1n) is 10.0. The summed E-state index contributed by atoms with van der Waals surface area (Å²) < 4.78 is 5.09. The second-order valence-electron chi connectivity index (χ2n) is 6.95. The molecule has 6 nitrogen and oxygen atoms in total. The number of aliphatic hydroxyl groups excluding tert-OH is 1. The monoisotopic (exact) mass is 412 g/mol. The highest BCUT2D eigenvalue weighted by Crippen LogP contribution is 2.21. The highest BCUT2D eigenvalue weighted by Gasteiger charge is 2.37. The van der Waals surface area contributed by atoms with Gasteiger partial charge < -0.3 is 14.9 Å². The van der Waals surface area contributed by atoms with Crippen LogP contribution in [0, 0.1) is 10.1 Å². The van der Waals surface area contributed by atoms with Gasteiger partial charge in [0.05, 0.1) is 0 Å². The lowest BCUT2D eigenvalue weighted by atomic mass is 10.0. The van der Waals surface area contributed by atoms with E-state index in [9.17, 15) is 15.2 Å². The maximum Gasteiger partial charge on any atom is 0.288 e. The van der Waals surface area contributed by atoms with Gasteiger partial charge in [-0.25, -0.2) is 0 Å². The summed E-state index contributed by atoms with van der Waals surface area (Å²) >= 11 is 0. The van der Waals surface area contributed by atoms with Crippen molar-refractivity contribution in [3.63, 3.8) is 0 Å². The van der Waals surface area contributed by atoms with Crippen LogP contribution in [0.3, 0.4) is 0 Å². The van der Waals surface area contributed by atoms with E-state index in [1.165, 1.54) is 32.1 Å². The fraction of sp³-hybridized carbons (Fsp3) is 1.00. The third kappa shape index (κ3) is 13.3. The Morgan fingerprint density at radius 1 is 1.04 bits per heavy atom. The van der Waals surface area contributed by atoms with Crippen molar-refractivity contribution in [1.29, 1.82) is 0 Å². The predicted molar refractivity (Wildman–Crippen MR) is 115 cm³/mol. The molecule has 0 saturated carbocycles. The molecule has 0 aromatic rings. The minimum absolute atomic E-state index is 0.111. The van der Waals surface area contributed by atoms with E-state index >= 15 is 0 Å². The fourth-order valence-corrected chi connectivity index (χ4v) is 4.05. The molecule has 0 amide bonds. The summed E-state index contributed by atoms with van der Waals surface area (Å²) in [4.78, 5) is 10.9. The topological polar surface area (TPSA) is 95.5 Å². The number of aliphatic hydroxyl groups is 1. The standard InChI is InChI=1S/C18H39NO5P2/c1-2-24-17(21)13-11-9-7-5-3-4-6-8-10-12-16(26)18(19(22)23)15(20)14-25/h15-18,20-21H,2-14,25-26H2,1H3/p+1. The van der Waals surface area contributed by atoms with Gasteiger partial charge in [0.1, 0.15) is 0 Å². The Bertz CT molecular complexity index is 350. The molecular weight excluding hydrogens is 372 g/mol. The summed E-state index contributed by atoms with van der Waals surface area (Å²) in [5.41, 5.74) is -0.111. The van der Waals surface area contributed by atoms with Crippen LogP contribution in [0.1, 0.15) is 77.6 Å². The molecule has 6 atom stereocenters. The van der Waals surface area contributed by atoms with Crippen LogP contribution in [-0.2, 0) is 4.74 Å². The lowest BCUT2D eigenvalue weighted by Gasteiger charge is -2.18. The van der Waals surface area contributed by atoms with Crippen LogP contribution >= 0.6 is 18.5 Å². The van der Waals surface area contributed by atoms with E-state index in [2.05, 4.69) is 18.5 Å². The molecule has 0 rings (SSSR count). The lowest BCUT2D eigenvalue weighted by Crippen LogP contribution is -2.41. The molecule has 0 bridgehead atoms. The Hall–Kier alpha value is 0.140. The van der Waals surface area contributed by atoms with Crippen molar-refractivity contribution in [2.75, 3.05) is 12.8 Å². The lowest BCUT2D eigenvalue weighted by molar-refractivity contribution is -0.532. The van der Waals surface area contributed by atoms with Crippen molar-refractivity contribution in [3.05, 3.63) is 10.1 Å². The average molecular weight is 412 g/mol. The highest BCUT2D eigenvalue weighted by atomic mass is 31.0. The molecule has 26 heavy (non-hydrogen) atoms. The largest absolute Gasteiger partial charge is 0.438 e. The second-order valence-corrected chi connectivity index (χ2v) is 8.28. The van der Waals surface area contributed by atoms with Gasteiger partial charge in [0.15, 0.2) is 6.29 Å². The van der Waals surface area contributed by atoms with E-state index in [1.807, 2.05) is 6.92 Å². The van der Waals surface area contributed by atoms with Crippen LogP contribution in [0.4, 0.5) is 0 Å². The van der Waals surface area contributed by atoms with E-state index in [0.29, 0.717) is 12.8 Å². The first kappa shape index (κ1) is 26.1. The predicted octanol–water partition coefficient (Wildman–Crippen LogP) is 3.49. The maximum atomic E-state index is 11.1. The van der Waals surface area contributed by atoms with Crippen LogP contribution in [0.2, 0.25) is 0 Å². The summed E-state index contributed by atoms with van der Waals surface area (Å²) in [6, 6.07) is -0.779. The quantitative estimate of drug-likeness (QED) is 0.0931. The molecule has 0 aromatic heterocycles. The first-order valence-corrected chi connectivity index (χ1v) is 11.5. The summed E-state index contributed by atoms with van der Waals surface area (Å²) in [7, 11) is 5.02. The molecule has 8 heteroatoms. The van der Waals surface area contributed by atoms with Crippen LogP contribution in [0.5, 0.6) is 0 Å². The third-order valence-corrected chi connectivity index (χ3v) is 5.93. The summed E-state index contributed by atoms with van der Waals surface area (Å²) in [6.45, 7) is 2.45. The summed E-state index contributed by atoms with van der Waals surface area (Å²) in [6.07, 6.45) is 11.1. The van der Waals surface area contributed by atoms with E-state index < -0.39 is 18.4 Å². The second kappa shape index (κ2) is 17.3. The number of rotatable bonds is 18. The van der Waals surface area contributed by atoms with Gasteiger partial charge in [-0.15, -0.1) is 18.5 Å². The molecule has 3 N–H and O–H groups in total. The normalized spacial score (nSPS) is 16.2. The Kier molecular flexibility index (Phi) is 17.3. The molecule has 0 saturated heterocycles. The van der Waals surface area contributed by atoms with Crippen molar-refractivity contribution < 1.29 is 19.9 Å². The minimum Gasteiger partial charge on any atom is -0.438 e. The van der Waals surface area contributed by atoms with Crippen LogP contribution in [0.25, 0.3) is 0 Å². The van der Waals surface area contributed by atoms with Crippen molar-refractivity contribution in [3.8, 4) is 0 Å². The third-order valence-electron chi connectivity index (χ3n) is 4.70. The van der Waals surface area contributed by atoms with Gasteiger partial charge in [-0.05, 0) is 26.2 Å². The molecule has 0 fully saturated rings. The van der Waals surface area contributed by atoms with E-state index in [0.717, 1.165) is 38.5 Å². The van der Waals surface area contributed by atoms with Gasteiger partial charge in [0, 0.05) is 23.4 Å². The molecule has 156 valence electrons. The van der Waals surface area contributed by atoms with Gasteiger partial charge in [0.2, 0.25) is 6.10 Å². The number of hydrogen-bond acceptors (Lipinski definition) is 4. The average Bonchev–Trinajstić information content (AvgIpc) is 2.59. The van der Waals surface area contributed by atoms with Crippen LogP contribution in [-0.4, -0.2) is 52.0 Å². The molecule has 0 aliphatic carbocycles. The van der Waals surface area contributed by atoms with Gasteiger partial charge in [-0.3, -0.25) is 10.1 Å². The molecule has 0 aliphatic heterocycles. The zero-order chi connectivity index (χ0) is 19.8. The number of ether oxygens (including phenoxy) is 1. The zero-order valence-electron chi connectivity index (χ0n) is 16.3. The van der Waals surface area contributed by atoms with Crippen LogP contribution in [0.15, 0.2) is 0 Å². The molecular formula is C18H40NO5P2+. The first-order chi connectivity index (χ1) is 12.4. The molecule has 0 aromatic carbocycles. The van der Waals surface area contributed by atoms with Gasteiger partial charge >= 0.3 is 0 Å². The number of nitro groups is 1. The molecule has 0 heterocycles. The molecule has 0 spiro atoms. The van der Waals surface area contributed by atoms with E-state index in [4.69, 9.17) is 9.84 Å². The Labute approximate surface area is 163 Å². The Balaban J connectivity index is 3.54. The highest BCUT2D eigenvalue weighted by molar-refractivity contribution is 7.17. The molecule has 0 radical (unpaired) electrons. The molecule has 0 aliphatic rings. The Morgan fingerprint density at radius 2 is 1.50 bits per heavy atom. The maximum absolute atomic E-state index is 11.1. The van der Waals surface area contributed by atoms with E-state index in [-0.39, 0.29) is 10.6 Å². The van der Waals surface area contributed by atoms with Crippen molar-refractivity contribution in [2.24, 2.45) is 0 Å². The zero-order valence-corrected chi connectivity index (χ0v) is 18.6. The van der Waals surface area contributed by atoms with Gasteiger partial charge in [-0.2, -0.15) is 0 Å². The number of hydrogen-bond donors (Lipinski definition) is 1. The number of nitrogens with zero attached hydrogens (tertiary/aromatic N) is 1. The van der Waals surface area contributed by atoms with Crippen molar-refractivity contribution in [2.45, 2.75) is 102 Å². The summed E-state index contributed by atoms with van der Waals surface area (Å²) in [5, 5.41) is 28.4. The number of unbranched alkanes of at least 4 members (excludes halogenated alkanes) is 8. The summed E-state index contributed by atoms with van der Waals surface area (Å²) in [5.74, 6) is 0. The van der Waals surface area contributed by atoms with Gasteiger partial charge in [-0.1, -0.05) is 51.4 Å². The molecule has 6 unspecified atom stereocenters. The Morgan fingerprint density at radius 3 is 1.92 bits per heavy atom. The van der Waals surface area contributed by atoms with Gasteiger partial charge in [0.25, 0.3) is 6.04 Å². The van der Waals surface area contributed by atoms with E-state index in [1.54, 1.807) is 0 Å². The SMILES string of the molecule is CCOC(O)CCCCCCCCCCCC(P)C(C([OH2+])CP)[N+](=O)[O-]. The van der Waals surface area contributed by atoms with Crippen molar-refractivity contribution >= 4 is 18.5 Å². The minimum atomic E-state index is -0.779. The van der Waals surface area contributed by atoms with Crippen molar-refractivity contribution in [1.82, 2.24) is 0 Å².